The van der Waals surface area contributed by atoms with Gasteiger partial charge in [-0.3, -0.25) is 9.59 Å². The first-order valence-corrected chi connectivity index (χ1v) is 12.9. The Bertz CT molecular complexity index is 1240. The van der Waals surface area contributed by atoms with Crippen molar-refractivity contribution in [2.24, 2.45) is 34.0 Å². The molecule has 200 valence electrons. The predicted octanol–water partition coefficient (Wildman–Crippen LogP) is 1.06. The molecule has 6 fully saturated rings. The fourth-order valence-electron chi connectivity index (χ4n) is 10.7. The number of methoxy groups -OCH3 is 1. The highest BCUT2D eigenvalue weighted by Gasteiger charge is 2.95. The van der Waals surface area contributed by atoms with E-state index in [0.717, 1.165) is 7.11 Å². The van der Waals surface area contributed by atoms with Crippen molar-refractivity contribution in [3.8, 4) is 0 Å². The molecule has 6 unspecified atom stereocenters. The Morgan fingerprint density at radius 1 is 1.22 bits per heavy atom. The minimum Gasteiger partial charge on any atom is -0.472 e. The molecule has 2 aliphatic heterocycles. The first-order chi connectivity index (χ1) is 17.3. The molecule has 2 saturated heterocycles. The molecule has 1 aromatic heterocycles. The van der Waals surface area contributed by atoms with Crippen LogP contribution in [-0.4, -0.2) is 69.2 Å². The normalized spacial score (nSPS) is 55.6. The number of hydrogen-bond donors (Lipinski definition) is 3. The van der Waals surface area contributed by atoms with Crippen molar-refractivity contribution in [1.82, 2.24) is 0 Å². The van der Waals surface area contributed by atoms with Crippen LogP contribution in [0, 0.1) is 34.0 Å². The molecule has 1 aromatic rings. The van der Waals surface area contributed by atoms with Crippen LogP contribution in [0.2, 0.25) is 0 Å². The summed E-state index contributed by atoms with van der Waals surface area (Å²) in [6.45, 7) is 5.34. The van der Waals surface area contributed by atoms with Gasteiger partial charge in [0.1, 0.15) is 23.4 Å². The highest BCUT2D eigenvalue weighted by molar-refractivity contribution is 5.94. The lowest BCUT2D eigenvalue weighted by molar-refractivity contribution is -0.295. The molecule has 1 spiro atoms. The number of esters is 2. The highest BCUT2D eigenvalue weighted by atomic mass is 16.6. The van der Waals surface area contributed by atoms with Crippen LogP contribution >= 0.6 is 0 Å². The Morgan fingerprint density at radius 2 is 1.95 bits per heavy atom. The van der Waals surface area contributed by atoms with Crippen molar-refractivity contribution in [3.63, 3.8) is 0 Å². The summed E-state index contributed by atoms with van der Waals surface area (Å²) in [7, 11) is 1.16. The van der Waals surface area contributed by atoms with E-state index in [1.807, 2.05) is 6.92 Å². The zero-order valence-electron chi connectivity index (χ0n) is 21.2. The quantitative estimate of drug-likeness (QED) is 0.497. The molecule has 0 aromatic carbocycles. The number of cyclic esters (lactones) is 1. The lowest BCUT2D eigenvalue weighted by atomic mass is 9.45. The maximum Gasteiger partial charge on any atom is 0.335 e. The van der Waals surface area contributed by atoms with E-state index in [4.69, 9.17) is 18.6 Å². The van der Waals surface area contributed by atoms with Crippen LogP contribution in [0.25, 0.3) is 0 Å². The maximum atomic E-state index is 14.2. The third kappa shape index (κ3) is 2.08. The Hall–Kier alpha value is -2.27. The fraction of sp³-hybridized carbons (Fsp3) is 0.741. The summed E-state index contributed by atoms with van der Waals surface area (Å²) in [5.41, 5.74) is -7.81. The van der Waals surface area contributed by atoms with Gasteiger partial charge in [-0.05, 0) is 31.2 Å². The largest absolute Gasteiger partial charge is 0.472 e. The van der Waals surface area contributed by atoms with E-state index in [0.29, 0.717) is 18.4 Å². The average molecular weight is 517 g/mol. The van der Waals surface area contributed by atoms with E-state index in [9.17, 15) is 29.7 Å². The van der Waals surface area contributed by atoms with Crippen molar-refractivity contribution >= 4 is 17.7 Å². The van der Waals surface area contributed by atoms with Crippen molar-refractivity contribution in [2.45, 2.75) is 81.6 Å². The van der Waals surface area contributed by atoms with Crippen LogP contribution in [0.1, 0.15) is 58.1 Å². The molecule has 3 N–H and O–H groups in total. The van der Waals surface area contributed by atoms with Crippen molar-refractivity contribution in [3.05, 3.63) is 24.2 Å². The number of carbonyl (C=O) groups is 3. The van der Waals surface area contributed by atoms with Crippen LogP contribution < -0.4 is 0 Å². The van der Waals surface area contributed by atoms with Gasteiger partial charge in [0, 0.05) is 27.7 Å². The van der Waals surface area contributed by atoms with Crippen LogP contribution in [-0.2, 0) is 28.6 Å². The van der Waals surface area contributed by atoms with E-state index in [2.05, 4.69) is 0 Å². The van der Waals surface area contributed by atoms with Gasteiger partial charge in [0.05, 0.1) is 37.6 Å². The number of carbonyl (C=O) groups excluding carboxylic acids is 3. The van der Waals surface area contributed by atoms with Crippen LogP contribution in [0.5, 0.6) is 0 Å². The van der Waals surface area contributed by atoms with Gasteiger partial charge in [0.15, 0.2) is 11.9 Å². The van der Waals surface area contributed by atoms with E-state index >= 15 is 0 Å². The number of furan rings is 1. The van der Waals surface area contributed by atoms with E-state index in [-0.39, 0.29) is 18.6 Å². The molecule has 4 saturated carbocycles. The van der Waals surface area contributed by atoms with Gasteiger partial charge >= 0.3 is 11.9 Å². The molecule has 3 heterocycles. The number of fused-ring (bicyclic) bond motifs is 2. The van der Waals surface area contributed by atoms with Gasteiger partial charge in [0.2, 0.25) is 0 Å². The zero-order chi connectivity index (χ0) is 26.6. The molecular formula is C27H32O10. The standard InChI is InChI=1S/C27H32O10/c1-22-11-25(32)18-16(19(22)30)37-26-9-14(28)36-20(12-6-8-35-10-12)23(26,2)7-5-13(27(18,26)33)24(25,3)17(22)15(29)21(31)34-4/h6,8,10,13,15-18,20,29,32-33H,5,7,9,11H2,1-4H3/t13?,15?,16?,17?,18?,20?,22-,23+,24-,25+,26-,27+/m1/s1. The summed E-state index contributed by atoms with van der Waals surface area (Å²) in [5, 5.41) is 36.8. The summed E-state index contributed by atoms with van der Waals surface area (Å²) in [6.07, 6.45) is -0.164. The minimum absolute atomic E-state index is 0.0280. The second-order valence-electron chi connectivity index (χ2n) is 12.9. The number of aliphatic hydroxyl groups excluding tert-OH is 1. The summed E-state index contributed by atoms with van der Waals surface area (Å²) in [6, 6.07) is 1.71. The maximum absolute atomic E-state index is 14.2. The molecule has 7 rings (SSSR count). The van der Waals surface area contributed by atoms with Gasteiger partial charge in [-0.2, -0.15) is 0 Å². The third-order valence-electron chi connectivity index (χ3n) is 11.9. The smallest absolute Gasteiger partial charge is 0.335 e. The number of ether oxygens (including phenoxy) is 3. The summed E-state index contributed by atoms with van der Waals surface area (Å²) in [5.74, 6) is -4.55. The third-order valence-corrected chi connectivity index (χ3v) is 11.9. The van der Waals surface area contributed by atoms with Gasteiger partial charge in [0.25, 0.3) is 0 Å². The summed E-state index contributed by atoms with van der Waals surface area (Å²) in [4.78, 5) is 40.1. The molecule has 37 heavy (non-hydrogen) atoms. The molecule has 0 amide bonds. The number of ketones is 1. The monoisotopic (exact) mass is 516 g/mol. The highest BCUT2D eigenvalue weighted by Crippen LogP contribution is 2.85. The molecule has 12 atom stereocenters. The topological polar surface area (TPSA) is 153 Å². The first-order valence-electron chi connectivity index (χ1n) is 12.9. The second-order valence-corrected chi connectivity index (χ2v) is 12.9. The Morgan fingerprint density at radius 3 is 2.59 bits per heavy atom. The number of hydrogen-bond acceptors (Lipinski definition) is 10. The lowest BCUT2D eigenvalue weighted by Gasteiger charge is -2.63. The van der Waals surface area contributed by atoms with E-state index in [1.54, 1.807) is 19.9 Å². The Balaban J connectivity index is 1.49. The molecule has 6 aliphatic rings. The SMILES string of the molecule is COC(=O)C(O)C1[C@@]2(C)C3CC[C@@]4(C)C(c5ccoc5)OC(=O)C[C@@]45OC4C(=O)[C@]1(C)C[C@]2(O)C4[C@@]35O. The summed E-state index contributed by atoms with van der Waals surface area (Å²) < 4.78 is 22.7. The van der Waals surface area contributed by atoms with Crippen LogP contribution in [0.4, 0.5) is 0 Å². The molecule has 10 nitrogen and oxygen atoms in total. The van der Waals surface area contributed by atoms with Crippen molar-refractivity contribution < 1.29 is 48.3 Å². The average Bonchev–Trinajstić information content (AvgIpc) is 3.52. The fourth-order valence-corrected chi connectivity index (χ4v) is 10.7. The lowest BCUT2D eigenvalue weighted by Crippen LogP contribution is -2.72. The first kappa shape index (κ1) is 23.8. The molecule has 10 heteroatoms. The van der Waals surface area contributed by atoms with Crippen LogP contribution in [0.3, 0.4) is 0 Å². The van der Waals surface area contributed by atoms with E-state index < -0.39 is 81.1 Å². The number of rotatable bonds is 3. The Kier molecular flexibility index (Phi) is 4.17. The summed E-state index contributed by atoms with van der Waals surface area (Å²) >= 11 is 0. The second kappa shape index (κ2) is 6.47. The van der Waals surface area contributed by atoms with E-state index in [1.165, 1.54) is 12.5 Å². The van der Waals surface area contributed by atoms with Crippen molar-refractivity contribution in [2.75, 3.05) is 7.11 Å². The molecular weight excluding hydrogens is 484 g/mol. The number of Topliss-reactive ketones (excluding diaryl/α,β-unsaturated/α-hetero) is 1. The minimum atomic E-state index is -1.79. The molecule has 2 bridgehead atoms. The zero-order valence-corrected chi connectivity index (χ0v) is 21.2. The van der Waals surface area contributed by atoms with Gasteiger partial charge < -0.3 is 33.9 Å². The molecule has 4 aliphatic carbocycles. The van der Waals surface area contributed by atoms with Gasteiger partial charge in [-0.25, -0.2) is 4.79 Å². The van der Waals surface area contributed by atoms with Gasteiger partial charge in [-0.15, -0.1) is 0 Å². The number of aliphatic hydroxyl groups is 3. The van der Waals surface area contributed by atoms with Gasteiger partial charge in [-0.1, -0.05) is 20.8 Å². The van der Waals surface area contributed by atoms with Crippen LogP contribution in [0.15, 0.2) is 23.0 Å². The van der Waals surface area contributed by atoms with Crippen molar-refractivity contribution in [1.29, 1.82) is 0 Å². The molecule has 0 radical (unpaired) electrons. The Labute approximate surface area is 213 Å². The predicted molar refractivity (Wildman–Crippen MR) is 121 cm³/mol.